The van der Waals surface area contributed by atoms with E-state index in [9.17, 15) is 0 Å². The smallest absolute Gasteiger partial charge is 0.230 e. The third-order valence-electron chi connectivity index (χ3n) is 3.12. The molecule has 1 aliphatic rings. The Morgan fingerprint density at radius 1 is 1.11 bits per heavy atom. The molecule has 0 aliphatic carbocycles. The second kappa shape index (κ2) is 5.98. The molecule has 0 unspecified atom stereocenters. The minimum atomic E-state index is 0.561. The van der Waals surface area contributed by atoms with Crippen LogP contribution < -0.4 is 10.2 Å². The molecule has 1 fully saturated rings. The number of piperidine rings is 1. The van der Waals surface area contributed by atoms with Crippen molar-refractivity contribution in [2.75, 3.05) is 30.4 Å². The van der Waals surface area contributed by atoms with Gasteiger partial charge in [0.05, 0.1) is 0 Å². The molecule has 1 aliphatic heterocycles. The minimum absolute atomic E-state index is 0.561. The fourth-order valence-electron chi connectivity index (χ4n) is 2.21. The highest BCUT2D eigenvalue weighted by Crippen LogP contribution is 2.17. The highest BCUT2D eigenvalue weighted by molar-refractivity contribution is 5.37. The molecule has 100 valence electrons. The van der Waals surface area contributed by atoms with E-state index >= 15 is 0 Å². The summed E-state index contributed by atoms with van der Waals surface area (Å²) in [6.45, 7) is 6.50. The van der Waals surface area contributed by atoms with Crippen LogP contribution in [0.4, 0.5) is 11.9 Å². The number of nitrogens with zero attached hydrogens (tertiary/aromatic N) is 4. The number of anilines is 2. The highest BCUT2D eigenvalue weighted by Gasteiger charge is 2.16. The molecule has 5 heteroatoms. The zero-order chi connectivity index (χ0) is 13.0. The summed E-state index contributed by atoms with van der Waals surface area (Å²) in [6.07, 6.45) is 4.69. The standard InChI is InChI=1S/C13H23N5/c1-10(2)9-11-15-12(14-3)17-13(16-11)18-7-5-4-6-8-18/h10H,4-9H2,1-3H3,(H,14,15,16,17). The van der Waals surface area contributed by atoms with E-state index in [0.717, 1.165) is 31.3 Å². The average molecular weight is 249 g/mol. The fourth-order valence-corrected chi connectivity index (χ4v) is 2.21. The van der Waals surface area contributed by atoms with E-state index in [2.05, 4.69) is 39.0 Å². The van der Waals surface area contributed by atoms with Crippen LogP contribution in [0.1, 0.15) is 38.9 Å². The zero-order valence-electron chi connectivity index (χ0n) is 11.6. The maximum Gasteiger partial charge on any atom is 0.230 e. The Hall–Kier alpha value is -1.39. The normalized spacial score (nSPS) is 16.1. The number of hydrogen-bond donors (Lipinski definition) is 1. The fraction of sp³-hybridized carbons (Fsp3) is 0.769. The van der Waals surface area contributed by atoms with Gasteiger partial charge in [-0.2, -0.15) is 15.0 Å². The van der Waals surface area contributed by atoms with Crippen LogP contribution in [0.2, 0.25) is 0 Å². The molecule has 1 aromatic rings. The maximum absolute atomic E-state index is 4.61. The third-order valence-corrected chi connectivity index (χ3v) is 3.12. The second-order valence-corrected chi connectivity index (χ2v) is 5.27. The van der Waals surface area contributed by atoms with Gasteiger partial charge in [-0.3, -0.25) is 0 Å². The Morgan fingerprint density at radius 2 is 1.83 bits per heavy atom. The van der Waals surface area contributed by atoms with Gasteiger partial charge in [0, 0.05) is 26.6 Å². The molecule has 0 atom stereocenters. The van der Waals surface area contributed by atoms with E-state index in [4.69, 9.17) is 0 Å². The van der Waals surface area contributed by atoms with Gasteiger partial charge in [0.2, 0.25) is 11.9 Å². The lowest BCUT2D eigenvalue weighted by atomic mass is 10.1. The summed E-state index contributed by atoms with van der Waals surface area (Å²) in [5.74, 6) is 2.97. The zero-order valence-corrected chi connectivity index (χ0v) is 11.6. The van der Waals surface area contributed by atoms with Crippen LogP contribution in [0, 0.1) is 5.92 Å². The van der Waals surface area contributed by atoms with E-state index in [-0.39, 0.29) is 0 Å². The number of nitrogens with one attached hydrogen (secondary N) is 1. The molecule has 18 heavy (non-hydrogen) atoms. The molecule has 0 aromatic carbocycles. The van der Waals surface area contributed by atoms with Gasteiger partial charge >= 0.3 is 0 Å². The first-order valence-corrected chi connectivity index (χ1v) is 6.86. The van der Waals surface area contributed by atoms with Crippen molar-refractivity contribution in [3.63, 3.8) is 0 Å². The molecule has 0 saturated carbocycles. The monoisotopic (exact) mass is 249 g/mol. The van der Waals surface area contributed by atoms with Gasteiger partial charge in [0.1, 0.15) is 5.82 Å². The molecule has 0 radical (unpaired) electrons. The molecule has 0 spiro atoms. The van der Waals surface area contributed by atoms with E-state index in [1.54, 1.807) is 0 Å². The topological polar surface area (TPSA) is 53.9 Å². The first kappa shape index (κ1) is 13.1. The van der Waals surface area contributed by atoms with Gasteiger partial charge < -0.3 is 10.2 Å². The first-order chi connectivity index (χ1) is 8.69. The summed E-state index contributed by atoms with van der Waals surface area (Å²) in [5.41, 5.74) is 0. The highest BCUT2D eigenvalue weighted by atomic mass is 15.3. The molecule has 1 saturated heterocycles. The molecule has 0 amide bonds. The van der Waals surface area contributed by atoms with E-state index in [0.29, 0.717) is 11.9 Å². The molecular formula is C13H23N5. The SMILES string of the molecule is CNc1nc(CC(C)C)nc(N2CCCCC2)n1. The van der Waals surface area contributed by atoms with Crippen molar-refractivity contribution in [2.45, 2.75) is 39.5 Å². The summed E-state index contributed by atoms with van der Waals surface area (Å²) < 4.78 is 0. The quantitative estimate of drug-likeness (QED) is 0.885. The van der Waals surface area contributed by atoms with E-state index in [1.165, 1.54) is 19.3 Å². The van der Waals surface area contributed by atoms with Crippen molar-refractivity contribution in [2.24, 2.45) is 5.92 Å². The van der Waals surface area contributed by atoms with E-state index < -0.39 is 0 Å². The summed E-state index contributed by atoms with van der Waals surface area (Å²) in [4.78, 5) is 15.8. The molecule has 1 N–H and O–H groups in total. The van der Waals surface area contributed by atoms with Gasteiger partial charge in [-0.25, -0.2) is 0 Å². The van der Waals surface area contributed by atoms with Crippen LogP contribution in [-0.4, -0.2) is 35.1 Å². The largest absolute Gasteiger partial charge is 0.357 e. The van der Waals surface area contributed by atoms with Crippen LogP contribution in [-0.2, 0) is 6.42 Å². The van der Waals surface area contributed by atoms with Crippen molar-refractivity contribution >= 4 is 11.9 Å². The van der Waals surface area contributed by atoms with Gasteiger partial charge in [0.25, 0.3) is 0 Å². The van der Waals surface area contributed by atoms with Crippen LogP contribution in [0.3, 0.4) is 0 Å². The van der Waals surface area contributed by atoms with Gasteiger partial charge in [-0.1, -0.05) is 13.8 Å². The predicted octanol–water partition coefficient (Wildman–Crippen LogP) is 2.10. The number of hydrogen-bond acceptors (Lipinski definition) is 5. The number of rotatable bonds is 4. The Bertz CT molecular complexity index is 385. The summed E-state index contributed by atoms with van der Waals surface area (Å²) in [6, 6.07) is 0. The average Bonchev–Trinajstić information content (AvgIpc) is 2.38. The predicted molar refractivity (Wildman–Crippen MR) is 74.0 cm³/mol. The third kappa shape index (κ3) is 3.31. The van der Waals surface area contributed by atoms with Crippen molar-refractivity contribution in [3.05, 3.63) is 5.82 Å². The maximum atomic E-state index is 4.61. The second-order valence-electron chi connectivity index (χ2n) is 5.27. The van der Waals surface area contributed by atoms with Gasteiger partial charge in [-0.05, 0) is 25.2 Å². The summed E-state index contributed by atoms with van der Waals surface area (Å²) in [5, 5.41) is 3.03. The molecular weight excluding hydrogens is 226 g/mol. The van der Waals surface area contributed by atoms with Crippen LogP contribution in [0.25, 0.3) is 0 Å². The van der Waals surface area contributed by atoms with Crippen LogP contribution in [0.15, 0.2) is 0 Å². The van der Waals surface area contributed by atoms with Gasteiger partial charge in [0.15, 0.2) is 0 Å². The van der Waals surface area contributed by atoms with Crippen LogP contribution in [0.5, 0.6) is 0 Å². The Morgan fingerprint density at radius 3 is 2.44 bits per heavy atom. The lowest BCUT2D eigenvalue weighted by Gasteiger charge is -2.27. The Labute approximate surface area is 109 Å². The Kier molecular flexibility index (Phi) is 4.33. The summed E-state index contributed by atoms with van der Waals surface area (Å²) in [7, 11) is 1.86. The molecule has 0 bridgehead atoms. The summed E-state index contributed by atoms with van der Waals surface area (Å²) >= 11 is 0. The lowest BCUT2D eigenvalue weighted by molar-refractivity contribution is 0.562. The number of aromatic nitrogens is 3. The van der Waals surface area contributed by atoms with Crippen molar-refractivity contribution in [1.82, 2.24) is 15.0 Å². The van der Waals surface area contributed by atoms with Crippen LogP contribution >= 0.6 is 0 Å². The molecule has 5 nitrogen and oxygen atoms in total. The van der Waals surface area contributed by atoms with Crippen molar-refractivity contribution in [1.29, 1.82) is 0 Å². The first-order valence-electron chi connectivity index (χ1n) is 6.86. The van der Waals surface area contributed by atoms with E-state index in [1.807, 2.05) is 7.05 Å². The van der Waals surface area contributed by atoms with Crippen molar-refractivity contribution < 1.29 is 0 Å². The van der Waals surface area contributed by atoms with Gasteiger partial charge in [-0.15, -0.1) is 0 Å². The minimum Gasteiger partial charge on any atom is -0.357 e. The molecule has 1 aromatic heterocycles. The lowest BCUT2D eigenvalue weighted by Crippen LogP contribution is -2.31. The van der Waals surface area contributed by atoms with Crippen molar-refractivity contribution in [3.8, 4) is 0 Å². The molecule has 2 rings (SSSR count). The molecule has 2 heterocycles. The Balaban J connectivity index is 2.22.